The number of aromatic nitrogens is 3. The van der Waals surface area contributed by atoms with E-state index in [1.807, 2.05) is 35.7 Å². The molecule has 1 unspecified atom stereocenters. The van der Waals surface area contributed by atoms with Gasteiger partial charge < -0.3 is 11.1 Å². The number of hydrogen-bond acceptors (Lipinski definition) is 5. The Morgan fingerprint density at radius 1 is 1.10 bits per heavy atom. The van der Waals surface area contributed by atoms with Crippen molar-refractivity contribution in [3.05, 3.63) is 60.0 Å². The third kappa shape index (κ3) is 3.97. The molecule has 1 fully saturated rings. The van der Waals surface area contributed by atoms with Crippen molar-refractivity contribution in [1.29, 1.82) is 0 Å². The van der Waals surface area contributed by atoms with Crippen LogP contribution < -0.4 is 11.1 Å². The van der Waals surface area contributed by atoms with Crippen molar-refractivity contribution in [2.45, 2.75) is 31.7 Å². The third-order valence-corrected chi connectivity index (χ3v) is 5.60. The van der Waals surface area contributed by atoms with Gasteiger partial charge in [0.25, 0.3) is 0 Å². The van der Waals surface area contributed by atoms with Gasteiger partial charge in [-0.05, 0) is 69.3 Å². The summed E-state index contributed by atoms with van der Waals surface area (Å²) < 4.78 is 2.05. The first kappa shape index (κ1) is 19.1. The number of nitrogens with two attached hydrogens (primary N) is 1. The highest BCUT2D eigenvalue weighted by atomic mass is 16.2. The molecule has 4 rings (SSSR count). The van der Waals surface area contributed by atoms with E-state index in [9.17, 15) is 9.59 Å². The first-order valence-electron chi connectivity index (χ1n) is 9.77. The summed E-state index contributed by atoms with van der Waals surface area (Å²) in [5, 5.41) is 11.5. The molecule has 3 heterocycles. The molecule has 0 saturated carbocycles. The van der Waals surface area contributed by atoms with Crippen LogP contribution in [0, 0.1) is 0 Å². The second-order valence-electron chi connectivity index (χ2n) is 7.40. The third-order valence-electron chi connectivity index (χ3n) is 5.60. The Labute approximate surface area is 168 Å². The van der Waals surface area contributed by atoms with Gasteiger partial charge in [-0.1, -0.05) is 6.07 Å². The Morgan fingerprint density at radius 3 is 2.52 bits per heavy atom. The average molecular weight is 392 g/mol. The molecule has 8 heteroatoms. The van der Waals surface area contributed by atoms with E-state index in [0.717, 1.165) is 37.4 Å². The van der Waals surface area contributed by atoms with E-state index in [2.05, 4.69) is 20.4 Å². The molecule has 0 spiro atoms. The molecule has 0 bridgehead atoms. The number of hydrogen-bond donors (Lipinski definition) is 2. The number of pyridine rings is 1. The number of primary amides is 1. The molecule has 1 aromatic carbocycles. The summed E-state index contributed by atoms with van der Waals surface area (Å²) in [4.78, 5) is 26.0. The second kappa shape index (κ2) is 8.00. The Bertz CT molecular complexity index is 1020. The van der Waals surface area contributed by atoms with Gasteiger partial charge in [0.1, 0.15) is 5.82 Å². The summed E-state index contributed by atoms with van der Waals surface area (Å²) in [6.07, 6.45) is 3.86. The van der Waals surface area contributed by atoms with Crippen molar-refractivity contribution in [2.75, 3.05) is 18.4 Å². The highest BCUT2D eigenvalue weighted by Gasteiger charge is 2.29. The summed E-state index contributed by atoms with van der Waals surface area (Å²) in [6, 6.07) is 12.2. The molecule has 150 valence electrons. The molecular weight excluding hydrogens is 368 g/mol. The van der Waals surface area contributed by atoms with Gasteiger partial charge in [-0.15, -0.1) is 10.2 Å². The lowest BCUT2D eigenvalue weighted by atomic mass is 9.95. The largest absolute Gasteiger partial charge is 0.366 e. The Morgan fingerprint density at radius 2 is 1.83 bits per heavy atom. The Hall–Kier alpha value is -3.26. The van der Waals surface area contributed by atoms with Crippen molar-refractivity contribution in [1.82, 2.24) is 19.5 Å². The number of amides is 2. The molecule has 0 radical (unpaired) electrons. The first-order chi connectivity index (χ1) is 14.0. The maximum Gasteiger partial charge on any atom is 0.248 e. The van der Waals surface area contributed by atoms with Crippen molar-refractivity contribution < 1.29 is 9.59 Å². The number of anilines is 1. The lowest BCUT2D eigenvalue weighted by molar-refractivity contribution is -0.121. The number of carbonyl (C=O) groups is 2. The minimum atomic E-state index is -0.487. The van der Waals surface area contributed by atoms with Crippen molar-refractivity contribution >= 4 is 23.1 Å². The fourth-order valence-corrected chi connectivity index (χ4v) is 3.81. The number of piperidine rings is 1. The predicted octanol–water partition coefficient (Wildman–Crippen LogP) is 2.03. The minimum absolute atomic E-state index is 0.0665. The molecule has 3 N–H and O–H groups in total. The van der Waals surface area contributed by atoms with Gasteiger partial charge in [0, 0.05) is 23.4 Å². The van der Waals surface area contributed by atoms with Gasteiger partial charge in [-0.3, -0.25) is 18.9 Å². The van der Waals surface area contributed by atoms with E-state index in [-0.39, 0.29) is 11.9 Å². The smallest absolute Gasteiger partial charge is 0.248 e. The fraction of sp³-hybridized carbons (Fsp3) is 0.333. The van der Waals surface area contributed by atoms with Gasteiger partial charge in [0.2, 0.25) is 11.8 Å². The zero-order valence-electron chi connectivity index (χ0n) is 16.3. The normalized spacial score (nSPS) is 16.6. The lowest BCUT2D eigenvalue weighted by Crippen LogP contribution is -2.45. The van der Waals surface area contributed by atoms with Crippen LogP contribution in [0.5, 0.6) is 0 Å². The Kier molecular flexibility index (Phi) is 5.26. The number of benzene rings is 1. The molecule has 2 amide bonds. The van der Waals surface area contributed by atoms with Crippen LogP contribution in [0.2, 0.25) is 0 Å². The lowest BCUT2D eigenvalue weighted by Gasteiger charge is -2.34. The number of nitrogens with one attached hydrogen (secondary N) is 1. The molecule has 3 aromatic rings. The van der Waals surface area contributed by atoms with E-state index in [0.29, 0.717) is 17.2 Å². The molecule has 2 aromatic heterocycles. The van der Waals surface area contributed by atoms with Gasteiger partial charge in [-0.2, -0.15) is 0 Å². The van der Waals surface area contributed by atoms with E-state index < -0.39 is 5.91 Å². The zero-order valence-corrected chi connectivity index (χ0v) is 16.3. The second-order valence-corrected chi connectivity index (χ2v) is 7.40. The molecule has 1 aliphatic heterocycles. The predicted molar refractivity (Wildman–Crippen MR) is 110 cm³/mol. The maximum atomic E-state index is 12.6. The number of rotatable bonds is 5. The SMILES string of the molecule is CC(C(=O)Nc1ccc(C(N)=O)cc1)N1CCC(c2nnc3ccccn23)CC1. The molecule has 1 aliphatic rings. The summed E-state index contributed by atoms with van der Waals surface area (Å²) in [5.74, 6) is 0.773. The van der Waals surface area contributed by atoms with Crippen LogP contribution >= 0.6 is 0 Å². The zero-order chi connectivity index (χ0) is 20.4. The van der Waals surface area contributed by atoms with Gasteiger partial charge in [-0.25, -0.2) is 0 Å². The number of carbonyl (C=O) groups excluding carboxylic acids is 2. The van der Waals surface area contributed by atoms with Crippen LogP contribution in [0.3, 0.4) is 0 Å². The maximum absolute atomic E-state index is 12.6. The van der Waals surface area contributed by atoms with E-state index in [4.69, 9.17) is 5.73 Å². The number of nitrogens with zero attached hydrogens (tertiary/aromatic N) is 4. The topological polar surface area (TPSA) is 106 Å². The van der Waals surface area contributed by atoms with Crippen LogP contribution in [0.25, 0.3) is 5.65 Å². The Balaban J connectivity index is 1.35. The monoisotopic (exact) mass is 392 g/mol. The van der Waals surface area contributed by atoms with Gasteiger partial charge in [0.05, 0.1) is 6.04 Å². The van der Waals surface area contributed by atoms with Crippen LogP contribution in [0.1, 0.15) is 41.9 Å². The highest BCUT2D eigenvalue weighted by Crippen LogP contribution is 2.28. The summed E-state index contributed by atoms with van der Waals surface area (Å²) in [5.41, 5.74) is 7.17. The van der Waals surface area contributed by atoms with Crippen molar-refractivity contribution in [3.8, 4) is 0 Å². The summed E-state index contributed by atoms with van der Waals surface area (Å²) >= 11 is 0. The molecule has 0 aliphatic carbocycles. The number of fused-ring (bicyclic) bond motifs is 1. The van der Waals surface area contributed by atoms with Crippen molar-refractivity contribution in [2.24, 2.45) is 5.73 Å². The first-order valence-corrected chi connectivity index (χ1v) is 9.77. The molecule has 1 saturated heterocycles. The van der Waals surface area contributed by atoms with Crippen molar-refractivity contribution in [3.63, 3.8) is 0 Å². The number of likely N-dealkylation sites (tertiary alicyclic amines) is 1. The molecular formula is C21H24N6O2. The van der Waals surface area contributed by atoms with Crippen LogP contribution in [-0.4, -0.2) is 50.4 Å². The van der Waals surface area contributed by atoms with E-state index in [1.165, 1.54) is 0 Å². The molecule has 29 heavy (non-hydrogen) atoms. The quantitative estimate of drug-likeness (QED) is 0.691. The van der Waals surface area contributed by atoms with Gasteiger partial charge >= 0.3 is 0 Å². The molecule has 1 atom stereocenters. The van der Waals surface area contributed by atoms with Crippen LogP contribution in [0.15, 0.2) is 48.7 Å². The summed E-state index contributed by atoms with van der Waals surface area (Å²) in [6.45, 7) is 3.56. The van der Waals surface area contributed by atoms with E-state index >= 15 is 0 Å². The molecule has 8 nitrogen and oxygen atoms in total. The summed E-state index contributed by atoms with van der Waals surface area (Å²) in [7, 11) is 0. The average Bonchev–Trinajstić information content (AvgIpc) is 3.18. The van der Waals surface area contributed by atoms with Crippen LogP contribution in [-0.2, 0) is 4.79 Å². The fourth-order valence-electron chi connectivity index (χ4n) is 3.81. The minimum Gasteiger partial charge on any atom is -0.366 e. The van der Waals surface area contributed by atoms with Crippen LogP contribution in [0.4, 0.5) is 5.69 Å². The van der Waals surface area contributed by atoms with E-state index in [1.54, 1.807) is 24.3 Å². The van der Waals surface area contributed by atoms with Gasteiger partial charge in [0.15, 0.2) is 5.65 Å². The standard InChI is InChI=1S/C21H24N6O2/c1-14(21(29)23-17-7-5-15(6-8-17)19(22)28)26-12-9-16(10-13-26)20-25-24-18-4-2-3-11-27(18)20/h2-8,11,14,16H,9-10,12-13H2,1H3,(H2,22,28)(H,23,29). The highest BCUT2D eigenvalue weighted by molar-refractivity contribution is 5.96.